The van der Waals surface area contributed by atoms with Crippen LogP contribution in [0.2, 0.25) is 5.02 Å². The number of benzene rings is 1. The summed E-state index contributed by atoms with van der Waals surface area (Å²) in [5.41, 5.74) is 5.95. The van der Waals surface area contributed by atoms with E-state index in [4.69, 9.17) is 16.4 Å². The molecule has 24 heavy (non-hydrogen) atoms. The van der Waals surface area contributed by atoms with Crippen molar-refractivity contribution in [3.05, 3.63) is 46.1 Å². The van der Waals surface area contributed by atoms with E-state index in [0.29, 0.717) is 6.61 Å². The number of halogens is 1. The molecule has 1 aromatic carbocycles. The molecule has 0 aliphatic heterocycles. The van der Waals surface area contributed by atoms with E-state index in [-0.39, 0.29) is 5.41 Å². The van der Waals surface area contributed by atoms with Gasteiger partial charge in [-0.3, -0.25) is 0 Å². The Balaban J connectivity index is 2.06. The number of fused-ring (bicyclic) bond motifs is 1. The Hall–Kier alpha value is -1.94. The maximum atomic E-state index is 6.12. The topological polar surface area (TPSA) is 47.4 Å². The van der Waals surface area contributed by atoms with E-state index in [2.05, 4.69) is 35.3 Å². The van der Waals surface area contributed by atoms with Crippen molar-refractivity contribution in [2.75, 3.05) is 6.61 Å². The molecule has 0 bridgehead atoms. The summed E-state index contributed by atoms with van der Waals surface area (Å²) in [6.07, 6.45) is 1.76. The smallest absolute Gasteiger partial charge is 0.114 e. The van der Waals surface area contributed by atoms with Gasteiger partial charge < -0.3 is 4.84 Å². The SMILES string of the molecule is CCO/N=C1/CC(C)(C)Cc2nnc(-c3ccc(Cl)c(C)c3)cc21. The van der Waals surface area contributed by atoms with Gasteiger partial charge in [-0.1, -0.05) is 36.7 Å². The highest BCUT2D eigenvalue weighted by molar-refractivity contribution is 6.31. The van der Waals surface area contributed by atoms with Gasteiger partial charge in [0.1, 0.15) is 6.61 Å². The van der Waals surface area contributed by atoms with Crippen molar-refractivity contribution in [1.82, 2.24) is 10.2 Å². The third-order valence-corrected chi connectivity index (χ3v) is 4.65. The summed E-state index contributed by atoms with van der Waals surface area (Å²) in [5.74, 6) is 0. The number of oxime groups is 1. The summed E-state index contributed by atoms with van der Waals surface area (Å²) in [4.78, 5) is 5.33. The molecule has 0 atom stereocenters. The molecule has 1 heterocycles. The second-order valence-corrected chi connectivity index (χ2v) is 7.43. The third-order valence-electron chi connectivity index (χ3n) is 4.23. The number of rotatable bonds is 3. The molecule has 0 amide bonds. The molecule has 0 radical (unpaired) electrons. The van der Waals surface area contributed by atoms with E-state index in [9.17, 15) is 0 Å². The summed E-state index contributed by atoms with van der Waals surface area (Å²) in [7, 11) is 0. The molecule has 1 aliphatic rings. The fourth-order valence-corrected chi connectivity index (χ4v) is 3.15. The van der Waals surface area contributed by atoms with Crippen LogP contribution in [0.5, 0.6) is 0 Å². The maximum Gasteiger partial charge on any atom is 0.114 e. The lowest BCUT2D eigenvalue weighted by molar-refractivity contribution is 0.156. The minimum absolute atomic E-state index is 0.107. The van der Waals surface area contributed by atoms with E-state index in [1.807, 2.05) is 32.0 Å². The average molecular weight is 344 g/mol. The first-order valence-electron chi connectivity index (χ1n) is 8.22. The van der Waals surface area contributed by atoms with Crippen molar-refractivity contribution in [2.24, 2.45) is 10.6 Å². The van der Waals surface area contributed by atoms with Crippen LogP contribution in [0, 0.1) is 12.3 Å². The molecule has 5 heteroatoms. The van der Waals surface area contributed by atoms with E-state index < -0.39 is 0 Å². The van der Waals surface area contributed by atoms with Crippen LogP contribution in [0.15, 0.2) is 29.4 Å². The summed E-state index contributed by atoms with van der Waals surface area (Å²) in [6, 6.07) is 7.96. The number of hydrogen-bond acceptors (Lipinski definition) is 4. The number of aromatic nitrogens is 2. The van der Waals surface area contributed by atoms with Gasteiger partial charge in [-0.2, -0.15) is 10.2 Å². The minimum Gasteiger partial charge on any atom is -0.396 e. The molecule has 0 saturated heterocycles. The fraction of sp³-hybridized carbons (Fsp3) is 0.421. The normalized spacial score (nSPS) is 17.6. The van der Waals surface area contributed by atoms with E-state index in [1.165, 1.54) is 0 Å². The second kappa shape index (κ2) is 6.52. The van der Waals surface area contributed by atoms with Crippen molar-refractivity contribution < 1.29 is 4.84 Å². The first kappa shape index (κ1) is 16.9. The predicted molar refractivity (Wildman–Crippen MR) is 97.5 cm³/mol. The van der Waals surface area contributed by atoms with E-state index in [1.54, 1.807) is 0 Å². The summed E-state index contributed by atoms with van der Waals surface area (Å²) in [6.45, 7) is 8.92. The van der Waals surface area contributed by atoms with Crippen molar-refractivity contribution in [3.8, 4) is 11.3 Å². The Labute approximate surface area is 147 Å². The van der Waals surface area contributed by atoms with Crippen LogP contribution >= 0.6 is 11.6 Å². The van der Waals surface area contributed by atoms with Gasteiger partial charge in [0.2, 0.25) is 0 Å². The van der Waals surface area contributed by atoms with Crippen LogP contribution in [-0.2, 0) is 11.3 Å². The quantitative estimate of drug-likeness (QED) is 0.751. The van der Waals surface area contributed by atoms with Crippen LogP contribution in [0.25, 0.3) is 11.3 Å². The molecule has 1 aliphatic carbocycles. The zero-order chi connectivity index (χ0) is 17.3. The summed E-state index contributed by atoms with van der Waals surface area (Å²) < 4.78 is 0. The van der Waals surface area contributed by atoms with Crippen LogP contribution in [0.3, 0.4) is 0 Å². The molecule has 0 unspecified atom stereocenters. The Kier molecular flexibility index (Phi) is 4.59. The van der Waals surface area contributed by atoms with Crippen LogP contribution in [0.1, 0.15) is 44.0 Å². The minimum atomic E-state index is 0.107. The Morgan fingerprint density at radius 1 is 1.21 bits per heavy atom. The van der Waals surface area contributed by atoms with Gasteiger partial charge in [0.25, 0.3) is 0 Å². The first-order valence-corrected chi connectivity index (χ1v) is 8.60. The summed E-state index contributed by atoms with van der Waals surface area (Å²) >= 11 is 6.12. The lowest BCUT2D eigenvalue weighted by Gasteiger charge is -2.30. The zero-order valence-electron chi connectivity index (χ0n) is 14.6. The molecule has 2 aromatic rings. The largest absolute Gasteiger partial charge is 0.396 e. The van der Waals surface area contributed by atoms with Crippen molar-refractivity contribution >= 4 is 17.3 Å². The van der Waals surface area contributed by atoms with Crippen LogP contribution in [0.4, 0.5) is 0 Å². The standard InChI is InChI=1S/C19H22ClN3O/c1-5-24-23-18-11-19(3,4)10-17-14(18)9-16(21-22-17)13-6-7-15(20)12(2)8-13/h6-9H,5,10-11H2,1-4H3/b23-18-. The Morgan fingerprint density at radius 2 is 2.00 bits per heavy atom. The molecule has 3 rings (SSSR count). The van der Waals surface area contributed by atoms with Gasteiger partial charge in [0.15, 0.2) is 0 Å². The Morgan fingerprint density at radius 3 is 2.71 bits per heavy atom. The van der Waals surface area contributed by atoms with Gasteiger partial charge in [-0.25, -0.2) is 0 Å². The number of aryl methyl sites for hydroxylation is 1. The van der Waals surface area contributed by atoms with Crippen molar-refractivity contribution in [2.45, 2.75) is 40.5 Å². The van der Waals surface area contributed by atoms with Gasteiger partial charge >= 0.3 is 0 Å². The maximum absolute atomic E-state index is 6.12. The molecular weight excluding hydrogens is 322 g/mol. The molecule has 0 spiro atoms. The average Bonchev–Trinajstić information content (AvgIpc) is 2.54. The second-order valence-electron chi connectivity index (χ2n) is 7.03. The lowest BCUT2D eigenvalue weighted by atomic mass is 9.75. The molecule has 0 fully saturated rings. The highest BCUT2D eigenvalue weighted by atomic mass is 35.5. The number of nitrogens with zero attached hydrogens (tertiary/aromatic N) is 3. The van der Waals surface area contributed by atoms with E-state index in [0.717, 1.165) is 51.7 Å². The van der Waals surface area contributed by atoms with Gasteiger partial charge in [-0.15, -0.1) is 0 Å². The molecule has 4 nitrogen and oxygen atoms in total. The Bertz CT molecular complexity index is 799. The predicted octanol–water partition coefficient (Wildman–Crippen LogP) is 4.82. The molecular formula is C19H22ClN3O. The molecule has 1 aromatic heterocycles. The molecule has 0 N–H and O–H groups in total. The van der Waals surface area contributed by atoms with Crippen LogP contribution < -0.4 is 0 Å². The first-order chi connectivity index (χ1) is 11.4. The third kappa shape index (κ3) is 3.44. The summed E-state index contributed by atoms with van der Waals surface area (Å²) in [5, 5.41) is 14.0. The molecule has 126 valence electrons. The highest BCUT2D eigenvalue weighted by Gasteiger charge is 2.31. The monoisotopic (exact) mass is 343 g/mol. The zero-order valence-corrected chi connectivity index (χ0v) is 15.3. The fourth-order valence-electron chi connectivity index (χ4n) is 3.03. The molecule has 0 saturated carbocycles. The van der Waals surface area contributed by atoms with E-state index >= 15 is 0 Å². The van der Waals surface area contributed by atoms with Gasteiger partial charge in [-0.05, 0) is 55.9 Å². The van der Waals surface area contributed by atoms with Crippen molar-refractivity contribution in [3.63, 3.8) is 0 Å². The van der Waals surface area contributed by atoms with Crippen LogP contribution in [-0.4, -0.2) is 22.5 Å². The van der Waals surface area contributed by atoms with Gasteiger partial charge in [0.05, 0.1) is 17.1 Å². The van der Waals surface area contributed by atoms with Crippen molar-refractivity contribution in [1.29, 1.82) is 0 Å². The highest BCUT2D eigenvalue weighted by Crippen LogP contribution is 2.35. The number of hydrogen-bond donors (Lipinski definition) is 0. The lowest BCUT2D eigenvalue weighted by Crippen LogP contribution is -2.29. The van der Waals surface area contributed by atoms with Gasteiger partial charge in [0, 0.05) is 16.1 Å².